The van der Waals surface area contributed by atoms with Gasteiger partial charge in [0, 0.05) is 23.1 Å². The molecule has 3 aromatic rings. The first-order chi connectivity index (χ1) is 12.7. The molecule has 0 unspecified atom stereocenters. The van der Waals surface area contributed by atoms with Crippen molar-refractivity contribution in [3.8, 4) is 11.5 Å². The van der Waals surface area contributed by atoms with Crippen LogP contribution in [0.2, 0.25) is 0 Å². The van der Waals surface area contributed by atoms with Crippen molar-refractivity contribution in [2.75, 3.05) is 0 Å². The normalized spacial score (nSPS) is 11.4. The second kappa shape index (κ2) is 7.11. The maximum absolute atomic E-state index is 13.0. The second-order valence-electron chi connectivity index (χ2n) is 6.41. The number of benzene rings is 2. The van der Waals surface area contributed by atoms with Gasteiger partial charge in [0.2, 0.25) is 0 Å². The molecule has 0 atom stereocenters. The predicted molar refractivity (Wildman–Crippen MR) is 95.1 cm³/mol. The Hall–Kier alpha value is -3.35. The van der Waals surface area contributed by atoms with Crippen LogP contribution in [0.1, 0.15) is 19.4 Å². The summed E-state index contributed by atoms with van der Waals surface area (Å²) in [4.78, 5) is 24.1. The zero-order chi connectivity index (χ0) is 19.6. The lowest BCUT2D eigenvalue weighted by Gasteiger charge is -2.24. The van der Waals surface area contributed by atoms with Crippen molar-refractivity contribution in [3.63, 3.8) is 0 Å². The summed E-state index contributed by atoms with van der Waals surface area (Å²) < 4.78 is 28.9. The highest BCUT2D eigenvalue weighted by Gasteiger charge is 2.32. The Morgan fingerprint density at radius 3 is 2.56 bits per heavy atom. The molecule has 0 aliphatic rings. The smallest absolute Gasteiger partial charge is 0.350 e. The SMILES string of the molecule is CC(C)(Oc1ccc(F)cc1)C(=O)OCc1cc(=O)oc2cc(O)ccc12. The fourth-order valence-corrected chi connectivity index (χ4v) is 2.49. The molecule has 3 rings (SSSR count). The van der Waals surface area contributed by atoms with E-state index in [0.29, 0.717) is 16.7 Å². The molecule has 1 aromatic heterocycles. The van der Waals surface area contributed by atoms with Crippen molar-refractivity contribution < 1.29 is 28.2 Å². The number of rotatable bonds is 5. The van der Waals surface area contributed by atoms with E-state index in [0.717, 1.165) is 0 Å². The zero-order valence-corrected chi connectivity index (χ0v) is 14.7. The molecule has 0 aliphatic heterocycles. The van der Waals surface area contributed by atoms with E-state index in [1.807, 2.05) is 0 Å². The number of ether oxygens (including phenoxy) is 2. The van der Waals surface area contributed by atoms with Crippen LogP contribution in [0.15, 0.2) is 57.7 Å². The van der Waals surface area contributed by atoms with E-state index in [9.17, 15) is 19.1 Å². The molecular weight excluding hydrogens is 355 g/mol. The molecule has 0 amide bonds. The number of aromatic hydroxyl groups is 1. The maximum Gasteiger partial charge on any atom is 0.350 e. The summed E-state index contributed by atoms with van der Waals surface area (Å²) in [5, 5.41) is 10.0. The lowest BCUT2D eigenvalue weighted by Crippen LogP contribution is -2.39. The molecule has 0 saturated carbocycles. The predicted octanol–water partition coefficient (Wildman–Crippen LogP) is 3.54. The van der Waals surface area contributed by atoms with Crippen LogP contribution in [0.4, 0.5) is 4.39 Å². The number of phenols is 1. The Morgan fingerprint density at radius 2 is 1.85 bits per heavy atom. The van der Waals surface area contributed by atoms with Crippen LogP contribution in [0.3, 0.4) is 0 Å². The van der Waals surface area contributed by atoms with Crippen LogP contribution >= 0.6 is 0 Å². The molecular formula is C20H17FO6. The van der Waals surface area contributed by atoms with Crippen molar-refractivity contribution in [3.05, 3.63) is 70.3 Å². The Kier molecular flexibility index (Phi) is 4.85. The molecule has 140 valence electrons. The van der Waals surface area contributed by atoms with Crippen LogP contribution in [0.25, 0.3) is 11.0 Å². The third-order valence-electron chi connectivity index (χ3n) is 3.85. The summed E-state index contributed by atoms with van der Waals surface area (Å²) in [6.07, 6.45) is 0. The molecule has 27 heavy (non-hydrogen) atoms. The van der Waals surface area contributed by atoms with Crippen LogP contribution < -0.4 is 10.4 Å². The Balaban J connectivity index is 1.75. The van der Waals surface area contributed by atoms with Crippen LogP contribution in [-0.4, -0.2) is 16.7 Å². The van der Waals surface area contributed by atoms with Crippen LogP contribution in [-0.2, 0) is 16.1 Å². The van der Waals surface area contributed by atoms with Gasteiger partial charge in [0.1, 0.15) is 29.5 Å². The van der Waals surface area contributed by atoms with Crippen molar-refractivity contribution >= 4 is 16.9 Å². The summed E-state index contributed by atoms with van der Waals surface area (Å²) in [5.74, 6) is -0.802. The van der Waals surface area contributed by atoms with Gasteiger partial charge in [-0.15, -0.1) is 0 Å². The molecule has 0 radical (unpaired) electrons. The van der Waals surface area contributed by atoms with E-state index in [4.69, 9.17) is 13.9 Å². The molecule has 6 nitrogen and oxygen atoms in total. The van der Waals surface area contributed by atoms with Gasteiger partial charge in [-0.05, 0) is 50.2 Å². The average Bonchev–Trinajstić information content (AvgIpc) is 2.60. The first-order valence-corrected chi connectivity index (χ1v) is 8.12. The molecule has 2 aromatic carbocycles. The van der Waals surface area contributed by atoms with E-state index in [-0.39, 0.29) is 17.9 Å². The minimum atomic E-state index is -1.33. The highest BCUT2D eigenvalue weighted by Crippen LogP contribution is 2.24. The summed E-state index contributed by atoms with van der Waals surface area (Å²) >= 11 is 0. The lowest BCUT2D eigenvalue weighted by molar-refractivity contribution is -0.160. The standard InChI is InChI=1S/C20H17FO6/c1-20(2,27-15-6-3-13(21)4-7-15)19(24)25-11-12-9-18(23)26-17-10-14(22)5-8-16(12)17/h3-10,22H,11H2,1-2H3. The summed E-state index contributed by atoms with van der Waals surface area (Å²) in [5.41, 5.74) is -1.32. The highest BCUT2D eigenvalue weighted by atomic mass is 19.1. The van der Waals surface area contributed by atoms with Gasteiger partial charge in [-0.3, -0.25) is 0 Å². The van der Waals surface area contributed by atoms with E-state index in [1.165, 1.54) is 56.3 Å². The Labute approximate surface area is 153 Å². The van der Waals surface area contributed by atoms with Gasteiger partial charge in [0.05, 0.1) is 0 Å². The van der Waals surface area contributed by atoms with Gasteiger partial charge in [0.25, 0.3) is 0 Å². The van der Waals surface area contributed by atoms with E-state index in [1.54, 1.807) is 6.07 Å². The molecule has 0 bridgehead atoms. The molecule has 1 heterocycles. The third kappa shape index (κ3) is 4.25. The van der Waals surface area contributed by atoms with Gasteiger partial charge in [-0.2, -0.15) is 0 Å². The zero-order valence-electron chi connectivity index (χ0n) is 14.7. The number of fused-ring (bicyclic) bond motifs is 1. The van der Waals surface area contributed by atoms with Gasteiger partial charge in [-0.25, -0.2) is 14.0 Å². The lowest BCUT2D eigenvalue weighted by atomic mass is 10.1. The number of carbonyl (C=O) groups is 1. The fourth-order valence-electron chi connectivity index (χ4n) is 2.49. The fraction of sp³-hybridized carbons (Fsp3) is 0.200. The van der Waals surface area contributed by atoms with Gasteiger partial charge in [-0.1, -0.05) is 0 Å². The van der Waals surface area contributed by atoms with E-state index < -0.39 is 23.0 Å². The largest absolute Gasteiger partial charge is 0.508 e. The maximum atomic E-state index is 13.0. The second-order valence-corrected chi connectivity index (χ2v) is 6.41. The van der Waals surface area contributed by atoms with Gasteiger partial charge in [0.15, 0.2) is 5.60 Å². The van der Waals surface area contributed by atoms with E-state index >= 15 is 0 Å². The molecule has 1 N–H and O–H groups in total. The number of halogens is 1. The molecule has 7 heteroatoms. The van der Waals surface area contributed by atoms with Crippen molar-refractivity contribution in [1.82, 2.24) is 0 Å². The van der Waals surface area contributed by atoms with E-state index in [2.05, 4.69) is 0 Å². The molecule has 0 aliphatic carbocycles. The van der Waals surface area contributed by atoms with Crippen molar-refractivity contribution in [2.24, 2.45) is 0 Å². The quantitative estimate of drug-likeness (QED) is 0.545. The Bertz CT molecular complexity index is 1040. The topological polar surface area (TPSA) is 86.0 Å². The molecule has 0 spiro atoms. The van der Waals surface area contributed by atoms with Crippen LogP contribution in [0.5, 0.6) is 11.5 Å². The van der Waals surface area contributed by atoms with Gasteiger partial charge < -0.3 is 19.0 Å². The summed E-state index contributed by atoms with van der Waals surface area (Å²) in [6, 6.07) is 10.8. The number of phenolic OH excluding ortho intramolecular Hbond substituents is 1. The summed E-state index contributed by atoms with van der Waals surface area (Å²) in [6.45, 7) is 2.87. The minimum Gasteiger partial charge on any atom is -0.508 e. The monoisotopic (exact) mass is 372 g/mol. The number of carbonyl (C=O) groups excluding carboxylic acids is 1. The molecule has 0 fully saturated rings. The minimum absolute atomic E-state index is 0.0476. The highest BCUT2D eigenvalue weighted by molar-refractivity contribution is 5.82. The van der Waals surface area contributed by atoms with Crippen molar-refractivity contribution in [2.45, 2.75) is 26.1 Å². The van der Waals surface area contributed by atoms with Gasteiger partial charge >= 0.3 is 11.6 Å². The van der Waals surface area contributed by atoms with Crippen LogP contribution in [0, 0.1) is 5.82 Å². The summed E-state index contributed by atoms with van der Waals surface area (Å²) in [7, 11) is 0. The number of hydrogen-bond donors (Lipinski definition) is 1. The average molecular weight is 372 g/mol. The number of esters is 1. The first-order valence-electron chi connectivity index (χ1n) is 8.12. The van der Waals surface area contributed by atoms with Crippen molar-refractivity contribution in [1.29, 1.82) is 0 Å². The third-order valence-corrected chi connectivity index (χ3v) is 3.85. The Morgan fingerprint density at radius 1 is 1.15 bits per heavy atom. The first kappa shape index (κ1) is 18.4. The molecule has 0 saturated heterocycles. The number of hydrogen-bond acceptors (Lipinski definition) is 6.